The van der Waals surface area contributed by atoms with Crippen molar-refractivity contribution in [1.29, 1.82) is 0 Å². The summed E-state index contributed by atoms with van der Waals surface area (Å²) in [4.78, 5) is 67.4. The first-order valence-corrected chi connectivity index (χ1v) is 18.9. The highest BCUT2D eigenvalue weighted by molar-refractivity contribution is 5.94. The molecule has 3 aromatic rings. The van der Waals surface area contributed by atoms with Gasteiger partial charge in [0, 0.05) is 19.0 Å². The SMILES string of the molecule is COC(=O)[C@H](CCCCNC(=O)OCC1c2ccccc2-c2ccccc21)NC(=O)[C@@H]1CCCN1C(=O)[C@H](CC(C)C)NC(=O)[C@@H](N)Cc1ccccc1. The van der Waals surface area contributed by atoms with Crippen LogP contribution in [0.5, 0.6) is 0 Å². The van der Waals surface area contributed by atoms with Crippen LogP contribution in [0.25, 0.3) is 11.1 Å². The Morgan fingerprint density at radius 2 is 1.50 bits per heavy atom. The first kappa shape index (κ1) is 40.0. The normalized spacial score (nSPS) is 16.5. The number of carbonyl (C=O) groups is 5. The topological polar surface area (TPSA) is 169 Å². The number of nitrogens with zero attached hydrogens (tertiary/aromatic N) is 1. The van der Waals surface area contributed by atoms with E-state index in [1.807, 2.05) is 68.4 Å². The lowest BCUT2D eigenvalue weighted by molar-refractivity contribution is -0.147. The van der Waals surface area contributed by atoms with Gasteiger partial charge in [-0.1, -0.05) is 92.7 Å². The van der Waals surface area contributed by atoms with Crippen LogP contribution < -0.4 is 21.7 Å². The fourth-order valence-electron chi connectivity index (χ4n) is 7.41. The molecule has 1 aliphatic heterocycles. The molecule has 1 saturated heterocycles. The average molecular weight is 740 g/mol. The maximum Gasteiger partial charge on any atom is 0.407 e. The monoisotopic (exact) mass is 739 g/mol. The van der Waals surface area contributed by atoms with Gasteiger partial charge in [-0.15, -0.1) is 0 Å². The van der Waals surface area contributed by atoms with Crippen molar-refractivity contribution in [2.75, 3.05) is 26.8 Å². The largest absolute Gasteiger partial charge is 0.467 e. The lowest BCUT2D eigenvalue weighted by atomic mass is 9.98. The first-order chi connectivity index (χ1) is 26.1. The number of methoxy groups -OCH3 is 1. The van der Waals surface area contributed by atoms with E-state index in [2.05, 4.69) is 40.2 Å². The number of hydrogen-bond acceptors (Lipinski definition) is 8. The maximum absolute atomic E-state index is 13.9. The maximum atomic E-state index is 13.9. The highest BCUT2D eigenvalue weighted by Gasteiger charge is 2.39. The lowest BCUT2D eigenvalue weighted by Gasteiger charge is -2.30. The predicted molar refractivity (Wildman–Crippen MR) is 205 cm³/mol. The molecule has 0 saturated carbocycles. The van der Waals surface area contributed by atoms with Gasteiger partial charge < -0.3 is 36.1 Å². The number of fused-ring (bicyclic) bond motifs is 3. The molecule has 1 aliphatic carbocycles. The van der Waals surface area contributed by atoms with Gasteiger partial charge in [0.25, 0.3) is 0 Å². The Labute approximate surface area is 317 Å². The van der Waals surface area contributed by atoms with Crippen LogP contribution in [0.1, 0.15) is 75.0 Å². The number of hydrogen-bond donors (Lipinski definition) is 4. The predicted octanol–water partition coefficient (Wildman–Crippen LogP) is 4.45. The van der Waals surface area contributed by atoms with Crippen molar-refractivity contribution in [3.63, 3.8) is 0 Å². The van der Waals surface area contributed by atoms with Crippen LogP contribution in [0.2, 0.25) is 0 Å². The molecule has 4 amide bonds. The number of carbonyl (C=O) groups excluding carboxylic acids is 5. The Balaban J connectivity index is 1.09. The van der Waals surface area contributed by atoms with Crippen molar-refractivity contribution in [2.24, 2.45) is 11.7 Å². The van der Waals surface area contributed by atoms with Gasteiger partial charge in [-0.25, -0.2) is 9.59 Å². The second kappa shape index (κ2) is 19.2. The summed E-state index contributed by atoms with van der Waals surface area (Å²) in [7, 11) is 1.26. The Morgan fingerprint density at radius 1 is 0.852 bits per heavy atom. The molecule has 0 aromatic heterocycles. The van der Waals surface area contributed by atoms with Crippen molar-refractivity contribution < 1.29 is 33.4 Å². The van der Waals surface area contributed by atoms with Crippen LogP contribution in [-0.2, 0) is 35.1 Å². The number of nitrogens with one attached hydrogen (secondary N) is 3. The second-order valence-electron chi connectivity index (χ2n) is 14.5. The molecule has 4 atom stereocenters. The molecule has 1 fully saturated rings. The van der Waals surface area contributed by atoms with Gasteiger partial charge in [0.2, 0.25) is 17.7 Å². The van der Waals surface area contributed by atoms with Crippen molar-refractivity contribution >= 4 is 29.8 Å². The van der Waals surface area contributed by atoms with Crippen molar-refractivity contribution in [3.8, 4) is 11.1 Å². The van der Waals surface area contributed by atoms with Crippen LogP contribution in [0.4, 0.5) is 4.79 Å². The van der Waals surface area contributed by atoms with Crippen molar-refractivity contribution in [2.45, 2.75) is 88.9 Å². The molecule has 5 rings (SSSR count). The fraction of sp³-hybridized carbons (Fsp3) is 0.452. The molecule has 12 heteroatoms. The van der Waals surface area contributed by atoms with E-state index in [4.69, 9.17) is 15.2 Å². The van der Waals surface area contributed by atoms with E-state index in [9.17, 15) is 24.0 Å². The number of rotatable bonds is 17. The number of unbranched alkanes of at least 4 members (excludes halogenated alkanes) is 1. The van der Waals surface area contributed by atoms with Crippen LogP contribution >= 0.6 is 0 Å². The number of alkyl carbamates (subject to hydrolysis) is 1. The van der Waals surface area contributed by atoms with Gasteiger partial charge in [-0.2, -0.15) is 0 Å². The third kappa shape index (κ3) is 10.2. The molecule has 3 aromatic carbocycles. The molecule has 54 heavy (non-hydrogen) atoms. The average Bonchev–Trinajstić information content (AvgIpc) is 3.79. The summed E-state index contributed by atoms with van der Waals surface area (Å²) in [6.07, 6.45) is 2.51. The van der Waals surface area contributed by atoms with E-state index >= 15 is 0 Å². The molecule has 12 nitrogen and oxygen atoms in total. The quantitative estimate of drug-likeness (QED) is 0.116. The van der Waals surface area contributed by atoms with E-state index in [-0.39, 0.29) is 30.8 Å². The molecule has 2 aliphatic rings. The highest BCUT2D eigenvalue weighted by atomic mass is 16.5. The zero-order chi connectivity index (χ0) is 38.6. The standard InChI is InChI=1S/C42H53N5O7/c1-27(2)24-36(46-38(48)34(43)25-28-14-5-4-6-15-28)40(50)47-23-13-21-37(47)39(49)45-35(41(51)53-3)20-11-12-22-44-42(52)54-26-33-31-18-9-7-16-29(31)30-17-8-10-19-32(30)33/h4-10,14-19,27,33-37H,11-13,20-26,43H2,1-3H3,(H,44,52)(H,45,49)(H,46,48)/t34-,35-,36-,37-/m0/s1. The van der Waals surface area contributed by atoms with Gasteiger partial charge >= 0.3 is 12.1 Å². The Bertz CT molecular complexity index is 1720. The molecule has 0 unspecified atom stereocenters. The number of esters is 1. The number of benzene rings is 3. The van der Waals surface area contributed by atoms with Gasteiger partial charge in [0.15, 0.2) is 0 Å². The van der Waals surface area contributed by atoms with Crippen LogP contribution in [-0.4, -0.2) is 85.7 Å². The minimum absolute atomic E-state index is 0.0401. The number of ether oxygens (including phenoxy) is 2. The number of nitrogens with two attached hydrogens (primary N) is 1. The zero-order valence-corrected chi connectivity index (χ0v) is 31.4. The van der Waals surface area contributed by atoms with Crippen LogP contribution in [0, 0.1) is 5.92 Å². The summed E-state index contributed by atoms with van der Waals surface area (Å²) in [6, 6.07) is 22.3. The number of likely N-dealkylation sites (tertiary alicyclic amines) is 1. The van der Waals surface area contributed by atoms with E-state index < -0.39 is 48.0 Å². The summed E-state index contributed by atoms with van der Waals surface area (Å²) in [6.45, 7) is 4.80. The van der Waals surface area contributed by atoms with E-state index in [1.165, 1.54) is 12.0 Å². The molecule has 0 bridgehead atoms. The van der Waals surface area contributed by atoms with Gasteiger partial charge in [0.1, 0.15) is 24.7 Å². The minimum atomic E-state index is -0.934. The molecular weight excluding hydrogens is 686 g/mol. The third-order valence-corrected chi connectivity index (χ3v) is 10.1. The molecule has 0 spiro atoms. The molecule has 288 valence electrons. The summed E-state index contributed by atoms with van der Waals surface area (Å²) < 4.78 is 10.6. The highest BCUT2D eigenvalue weighted by Crippen LogP contribution is 2.44. The van der Waals surface area contributed by atoms with Gasteiger partial charge in [-0.05, 0) is 78.7 Å². The second-order valence-corrected chi connectivity index (χ2v) is 14.5. The lowest BCUT2D eigenvalue weighted by Crippen LogP contribution is -2.57. The van der Waals surface area contributed by atoms with E-state index in [1.54, 1.807) is 0 Å². The van der Waals surface area contributed by atoms with Crippen molar-refractivity contribution in [1.82, 2.24) is 20.9 Å². The van der Waals surface area contributed by atoms with Gasteiger partial charge in [-0.3, -0.25) is 14.4 Å². The fourth-order valence-corrected chi connectivity index (χ4v) is 7.41. The molecular formula is C42H53N5O7. The van der Waals surface area contributed by atoms with E-state index in [0.717, 1.165) is 27.8 Å². The number of amides is 4. The van der Waals surface area contributed by atoms with Crippen LogP contribution in [0.15, 0.2) is 78.9 Å². The smallest absolute Gasteiger partial charge is 0.407 e. The first-order valence-electron chi connectivity index (χ1n) is 18.9. The summed E-state index contributed by atoms with van der Waals surface area (Å²) in [5.41, 5.74) is 11.7. The Morgan fingerprint density at radius 3 is 2.15 bits per heavy atom. The molecule has 1 heterocycles. The summed E-state index contributed by atoms with van der Waals surface area (Å²) in [5, 5.41) is 8.44. The molecule has 0 radical (unpaired) electrons. The Kier molecular flexibility index (Phi) is 14.2. The molecule has 5 N–H and O–H groups in total. The van der Waals surface area contributed by atoms with E-state index in [0.29, 0.717) is 51.6 Å². The minimum Gasteiger partial charge on any atom is -0.467 e. The van der Waals surface area contributed by atoms with Crippen molar-refractivity contribution in [3.05, 3.63) is 95.6 Å². The van der Waals surface area contributed by atoms with Crippen LogP contribution in [0.3, 0.4) is 0 Å². The third-order valence-electron chi connectivity index (χ3n) is 10.1. The summed E-state index contributed by atoms with van der Waals surface area (Å²) in [5.74, 6) is -1.79. The van der Waals surface area contributed by atoms with Gasteiger partial charge in [0.05, 0.1) is 13.2 Å². The Hall–Kier alpha value is -5.23. The summed E-state index contributed by atoms with van der Waals surface area (Å²) >= 11 is 0. The zero-order valence-electron chi connectivity index (χ0n) is 31.4.